The minimum Gasteiger partial charge on any atom is -0.501 e. The van der Waals surface area contributed by atoms with Gasteiger partial charge in [0.15, 0.2) is 5.83 Å². The Balaban J connectivity index is 2.58. The van der Waals surface area contributed by atoms with Crippen LogP contribution in [0.4, 0.5) is 4.39 Å². The van der Waals surface area contributed by atoms with Gasteiger partial charge in [0.25, 0.3) is 0 Å². The largest absolute Gasteiger partial charge is 0.501 e. The highest BCUT2D eigenvalue weighted by Crippen LogP contribution is 2.25. The molecule has 3 heteroatoms. The van der Waals surface area contributed by atoms with Crippen molar-refractivity contribution in [1.82, 2.24) is 0 Å². The lowest BCUT2D eigenvalue weighted by atomic mass is 10.1. The van der Waals surface area contributed by atoms with Gasteiger partial charge >= 0.3 is 0 Å². The normalized spacial score (nSPS) is 17.0. The van der Waals surface area contributed by atoms with E-state index in [4.69, 9.17) is 9.47 Å². The van der Waals surface area contributed by atoms with Gasteiger partial charge in [-0.15, -0.1) is 0 Å². The van der Waals surface area contributed by atoms with Gasteiger partial charge in [0.1, 0.15) is 5.76 Å². The van der Waals surface area contributed by atoms with Crippen molar-refractivity contribution in [2.75, 3.05) is 13.7 Å². The van der Waals surface area contributed by atoms with E-state index in [-0.39, 0.29) is 5.83 Å². The Morgan fingerprint density at radius 3 is 2.77 bits per heavy atom. The summed E-state index contributed by atoms with van der Waals surface area (Å²) in [5.74, 6) is 0.848. The average molecular weight is 186 g/mol. The number of allylic oxidation sites excluding steroid dienone is 4. The molecule has 0 saturated carbocycles. The molecule has 1 aliphatic rings. The minimum absolute atomic E-state index is 0.295. The average Bonchev–Trinajstić information content (AvgIpc) is 2.16. The molecule has 0 unspecified atom stereocenters. The summed E-state index contributed by atoms with van der Waals surface area (Å²) in [5, 5.41) is 0. The van der Waals surface area contributed by atoms with Crippen LogP contribution in [0.15, 0.2) is 23.4 Å². The highest BCUT2D eigenvalue weighted by molar-refractivity contribution is 5.23. The maximum absolute atomic E-state index is 13.2. The van der Waals surface area contributed by atoms with E-state index in [0.717, 1.165) is 12.8 Å². The Morgan fingerprint density at radius 1 is 1.46 bits per heavy atom. The zero-order valence-electron chi connectivity index (χ0n) is 8.10. The summed E-state index contributed by atoms with van der Waals surface area (Å²) in [6.45, 7) is 2.58. The molecule has 0 N–H and O–H groups in total. The first-order chi connectivity index (χ1) is 6.27. The Bertz CT molecular complexity index is 231. The van der Waals surface area contributed by atoms with E-state index in [0.29, 0.717) is 24.5 Å². The fraction of sp³-hybridized carbons (Fsp3) is 0.600. The predicted molar refractivity (Wildman–Crippen MR) is 48.7 cm³/mol. The fourth-order valence-corrected chi connectivity index (χ4v) is 1.18. The molecule has 1 rings (SSSR count). The van der Waals surface area contributed by atoms with E-state index in [1.165, 1.54) is 6.08 Å². The number of ether oxygens (including phenoxy) is 2. The van der Waals surface area contributed by atoms with Crippen molar-refractivity contribution < 1.29 is 13.9 Å². The molecule has 0 radical (unpaired) electrons. The first kappa shape index (κ1) is 10.1. The van der Waals surface area contributed by atoms with Crippen LogP contribution in [0.1, 0.15) is 26.2 Å². The molecule has 0 aromatic carbocycles. The van der Waals surface area contributed by atoms with Gasteiger partial charge in [-0.25, -0.2) is 4.39 Å². The van der Waals surface area contributed by atoms with E-state index < -0.39 is 0 Å². The molecule has 1 aliphatic carbocycles. The van der Waals surface area contributed by atoms with Gasteiger partial charge in [0, 0.05) is 18.9 Å². The molecular weight excluding hydrogens is 171 g/mol. The molecule has 0 aliphatic heterocycles. The topological polar surface area (TPSA) is 18.5 Å². The number of rotatable bonds is 4. The monoisotopic (exact) mass is 186 g/mol. The number of hydrogen-bond donors (Lipinski definition) is 0. The van der Waals surface area contributed by atoms with E-state index in [1.807, 2.05) is 6.92 Å². The van der Waals surface area contributed by atoms with E-state index >= 15 is 0 Å². The van der Waals surface area contributed by atoms with Gasteiger partial charge in [0.05, 0.1) is 19.5 Å². The number of methoxy groups -OCH3 is 1. The van der Waals surface area contributed by atoms with Crippen LogP contribution in [0, 0.1) is 0 Å². The molecule has 0 heterocycles. The van der Waals surface area contributed by atoms with Crippen LogP contribution in [0.5, 0.6) is 0 Å². The Labute approximate surface area is 78.0 Å². The van der Waals surface area contributed by atoms with Crippen molar-refractivity contribution >= 4 is 0 Å². The zero-order valence-corrected chi connectivity index (χ0v) is 8.10. The van der Waals surface area contributed by atoms with Gasteiger partial charge in [-0.05, 0) is 6.42 Å². The van der Waals surface area contributed by atoms with Crippen molar-refractivity contribution in [3.8, 4) is 0 Å². The second-order valence-electron chi connectivity index (χ2n) is 2.93. The molecule has 2 nitrogen and oxygen atoms in total. The second kappa shape index (κ2) is 4.90. The summed E-state index contributed by atoms with van der Waals surface area (Å²) in [5.41, 5.74) is 0. The van der Waals surface area contributed by atoms with E-state index in [2.05, 4.69) is 0 Å². The molecule has 74 valence electrons. The van der Waals surface area contributed by atoms with Gasteiger partial charge in [-0.1, -0.05) is 6.92 Å². The fourth-order valence-electron chi connectivity index (χ4n) is 1.18. The molecule has 0 bridgehead atoms. The summed E-state index contributed by atoms with van der Waals surface area (Å²) in [6.07, 6.45) is 3.63. The third-order valence-electron chi connectivity index (χ3n) is 1.90. The third kappa shape index (κ3) is 2.76. The zero-order chi connectivity index (χ0) is 9.68. The minimum atomic E-state index is -0.295. The van der Waals surface area contributed by atoms with Crippen molar-refractivity contribution in [1.29, 1.82) is 0 Å². The summed E-state index contributed by atoms with van der Waals surface area (Å²) in [7, 11) is 1.55. The van der Waals surface area contributed by atoms with E-state index in [1.54, 1.807) is 7.11 Å². The van der Waals surface area contributed by atoms with Crippen LogP contribution in [-0.4, -0.2) is 13.7 Å². The SMILES string of the molecule is CCCOC1=C(F)C=C(OC)CC1. The summed E-state index contributed by atoms with van der Waals surface area (Å²) < 4.78 is 23.4. The molecule has 0 atom stereocenters. The van der Waals surface area contributed by atoms with Crippen molar-refractivity contribution in [2.45, 2.75) is 26.2 Å². The highest BCUT2D eigenvalue weighted by Gasteiger charge is 2.14. The molecule has 13 heavy (non-hydrogen) atoms. The molecule has 0 fully saturated rings. The lowest BCUT2D eigenvalue weighted by molar-refractivity contribution is 0.182. The van der Waals surface area contributed by atoms with Crippen LogP contribution in [0.3, 0.4) is 0 Å². The molecule has 0 saturated heterocycles. The predicted octanol–water partition coefficient (Wildman–Crippen LogP) is 2.92. The van der Waals surface area contributed by atoms with Crippen molar-refractivity contribution in [3.63, 3.8) is 0 Å². The van der Waals surface area contributed by atoms with Gasteiger partial charge in [-0.3, -0.25) is 0 Å². The standard InChI is InChI=1S/C10H15FO2/c1-3-6-13-10-5-4-8(12-2)7-9(10)11/h7H,3-6H2,1-2H3. The summed E-state index contributed by atoms with van der Waals surface area (Å²) >= 11 is 0. The van der Waals surface area contributed by atoms with Crippen molar-refractivity contribution in [3.05, 3.63) is 23.4 Å². The molecule has 0 aromatic rings. The van der Waals surface area contributed by atoms with Crippen molar-refractivity contribution in [2.24, 2.45) is 0 Å². The number of hydrogen-bond acceptors (Lipinski definition) is 2. The van der Waals surface area contributed by atoms with Crippen LogP contribution in [0.25, 0.3) is 0 Å². The maximum Gasteiger partial charge on any atom is 0.164 e. The van der Waals surface area contributed by atoms with Crippen LogP contribution in [-0.2, 0) is 9.47 Å². The lowest BCUT2D eigenvalue weighted by Crippen LogP contribution is -2.02. The third-order valence-corrected chi connectivity index (χ3v) is 1.90. The highest BCUT2D eigenvalue weighted by atomic mass is 19.1. The Kier molecular flexibility index (Phi) is 3.80. The molecular formula is C10H15FO2. The number of halogens is 1. The lowest BCUT2D eigenvalue weighted by Gasteiger charge is -2.15. The Hall–Kier alpha value is -0.990. The van der Waals surface area contributed by atoms with Crippen LogP contribution < -0.4 is 0 Å². The second-order valence-corrected chi connectivity index (χ2v) is 2.93. The van der Waals surface area contributed by atoms with Gasteiger partial charge in [-0.2, -0.15) is 0 Å². The first-order valence-electron chi connectivity index (χ1n) is 4.54. The summed E-state index contributed by atoms with van der Waals surface area (Å²) in [6, 6.07) is 0. The van der Waals surface area contributed by atoms with Gasteiger partial charge in [0.2, 0.25) is 0 Å². The molecule has 0 spiro atoms. The maximum atomic E-state index is 13.2. The van der Waals surface area contributed by atoms with Crippen LogP contribution in [0.2, 0.25) is 0 Å². The smallest absolute Gasteiger partial charge is 0.164 e. The molecule has 0 aromatic heterocycles. The first-order valence-corrected chi connectivity index (χ1v) is 4.54. The summed E-state index contributed by atoms with van der Waals surface area (Å²) in [4.78, 5) is 0. The quantitative estimate of drug-likeness (QED) is 0.672. The van der Waals surface area contributed by atoms with Crippen LogP contribution >= 0.6 is 0 Å². The van der Waals surface area contributed by atoms with Gasteiger partial charge < -0.3 is 9.47 Å². The molecule has 0 amide bonds. The van der Waals surface area contributed by atoms with E-state index in [9.17, 15) is 4.39 Å². The Morgan fingerprint density at radius 2 is 2.23 bits per heavy atom.